The van der Waals surface area contributed by atoms with Crippen molar-refractivity contribution >= 4 is 18.0 Å². The van der Waals surface area contributed by atoms with Crippen LogP contribution >= 0.6 is 0 Å². The van der Waals surface area contributed by atoms with Crippen LogP contribution in [0.15, 0.2) is 54.6 Å². The molecule has 9 heteroatoms. The van der Waals surface area contributed by atoms with Gasteiger partial charge in [-0.05, 0) is 40.7 Å². The first-order valence-electron chi connectivity index (χ1n) is 11.5. The molecule has 0 saturated heterocycles. The Labute approximate surface area is 202 Å². The van der Waals surface area contributed by atoms with Gasteiger partial charge in [0.05, 0.1) is 12.2 Å². The van der Waals surface area contributed by atoms with Gasteiger partial charge in [-0.3, -0.25) is 9.48 Å². The first-order chi connectivity index (χ1) is 16.9. The number of fused-ring (bicyclic) bond motifs is 3. The first-order valence-corrected chi connectivity index (χ1v) is 11.5. The number of benzene rings is 2. The van der Waals surface area contributed by atoms with Gasteiger partial charge in [0.15, 0.2) is 0 Å². The quantitative estimate of drug-likeness (QED) is 0.461. The van der Waals surface area contributed by atoms with Gasteiger partial charge in [-0.15, -0.1) is 0 Å². The zero-order valence-corrected chi connectivity index (χ0v) is 19.2. The van der Waals surface area contributed by atoms with Crippen molar-refractivity contribution in [3.63, 3.8) is 0 Å². The third-order valence-corrected chi connectivity index (χ3v) is 6.70. The van der Waals surface area contributed by atoms with Crippen LogP contribution in [0.3, 0.4) is 0 Å². The lowest BCUT2D eigenvalue weighted by Crippen LogP contribution is -2.30. The Hall–Kier alpha value is -4.14. The fourth-order valence-electron chi connectivity index (χ4n) is 4.78. The van der Waals surface area contributed by atoms with E-state index in [0.29, 0.717) is 18.7 Å². The maximum absolute atomic E-state index is 12.4. The van der Waals surface area contributed by atoms with Gasteiger partial charge in [-0.1, -0.05) is 48.5 Å². The summed E-state index contributed by atoms with van der Waals surface area (Å²) in [6.45, 7) is 0.765. The highest BCUT2D eigenvalue weighted by atomic mass is 16.5. The van der Waals surface area contributed by atoms with Crippen LogP contribution in [0.5, 0.6) is 0 Å². The summed E-state index contributed by atoms with van der Waals surface area (Å²) in [5.74, 6) is -1.34. The van der Waals surface area contributed by atoms with Gasteiger partial charge >= 0.3 is 12.1 Å². The number of hydrogen-bond acceptors (Lipinski definition) is 5. The van der Waals surface area contributed by atoms with Crippen LogP contribution < -0.4 is 10.6 Å². The van der Waals surface area contributed by atoms with E-state index in [0.717, 1.165) is 11.1 Å². The van der Waals surface area contributed by atoms with Crippen molar-refractivity contribution in [3.05, 3.63) is 77.1 Å². The number of nitrogens with one attached hydrogen (secondary N) is 2. The molecule has 2 aliphatic carbocycles. The minimum Gasteiger partial charge on any atom is -0.477 e. The second-order valence-electron chi connectivity index (χ2n) is 8.98. The molecule has 1 aromatic heterocycles. The molecular formula is C26H26N4O5. The number of hydrogen-bond donors (Lipinski definition) is 3. The van der Waals surface area contributed by atoms with Crippen molar-refractivity contribution in [3.8, 4) is 11.1 Å². The van der Waals surface area contributed by atoms with E-state index >= 15 is 0 Å². The predicted octanol–water partition coefficient (Wildman–Crippen LogP) is 2.91. The Morgan fingerprint density at radius 1 is 1.06 bits per heavy atom. The largest absolute Gasteiger partial charge is 0.477 e. The Morgan fingerprint density at radius 3 is 2.34 bits per heavy atom. The summed E-state index contributed by atoms with van der Waals surface area (Å²) in [6, 6.07) is 17.8. The second kappa shape index (κ2) is 9.25. The van der Waals surface area contributed by atoms with Gasteiger partial charge in [-0.2, -0.15) is 5.10 Å². The molecule has 3 aromatic rings. The average molecular weight is 475 g/mol. The molecule has 1 heterocycles. The molecule has 3 N–H and O–H groups in total. The molecule has 0 unspecified atom stereocenters. The number of alkyl carbamates (subject to hydrolysis) is 1. The maximum atomic E-state index is 12.4. The molecule has 2 atom stereocenters. The molecule has 0 radical (unpaired) electrons. The summed E-state index contributed by atoms with van der Waals surface area (Å²) < 4.78 is 6.81. The third kappa shape index (κ3) is 4.62. The summed E-state index contributed by atoms with van der Waals surface area (Å²) >= 11 is 0. The fourth-order valence-corrected chi connectivity index (χ4v) is 4.78. The lowest BCUT2D eigenvalue weighted by Gasteiger charge is -2.14. The molecule has 2 aliphatic rings. The zero-order valence-electron chi connectivity index (χ0n) is 19.2. The Bertz CT molecular complexity index is 1250. The number of aryl methyl sites for hydroxylation is 1. The van der Waals surface area contributed by atoms with E-state index in [-0.39, 0.29) is 42.5 Å². The molecule has 1 fully saturated rings. The van der Waals surface area contributed by atoms with E-state index in [9.17, 15) is 14.4 Å². The smallest absolute Gasteiger partial charge is 0.407 e. The summed E-state index contributed by atoms with van der Waals surface area (Å²) in [4.78, 5) is 35.8. The van der Waals surface area contributed by atoms with Crippen LogP contribution in [0.2, 0.25) is 0 Å². The van der Waals surface area contributed by atoms with Gasteiger partial charge in [-0.25, -0.2) is 9.59 Å². The topological polar surface area (TPSA) is 123 Å². The van der Waals surface area contributed by atoms with Crippen molar-refractivity contribution in [2.45, 2.75) is 18.9 Å². The lowest BCUT2D eigenvalue weighted by atomic mass is 9.98. The molecular weight excluding hydrogens is 448 g/mol. The lowest BCUT2D eigenvalue weighted by molar-refractivity contribution is -0.122. The minimum atomic E-state index is -1.07. The maximum Gasteiger partial charge on any atom is 0.407 e. The van der Waals surface area contributed by atoms with Crippen LogP contribution in [-0.2, 0) is 23.1 Å². The van der Waals surface area contributed by atoms with Crippen molar-refractivity contribution < 1.29 is 24.2 Å². The molecule has 2 amide bonds. The molecule has 0 bridgehead atoms. The highest BCUT2D eigenvalue weighted by Crippen LogP contribution is 2.44. The standard InChI is InChI=1S/C26H26N4O5/c1-30-23(25(32)33)11-16(29-30)13-27-24(31)21-10-15(21)12-28-26(34)35-14-22-19-8-4-2-6-17(19)18-7-3-5-9-20(18)22/h2-9,11,15,21-22H,10,12-14H2,1H3,(H,27,31)(H,28,34)(H,32,33)/t15-,21-/m1/s1. The van der Waals surface area contributed by atoms with Gasteiger partial charge < -0.3 is 20.5 Å². The molecule has 5 rings (SSSR count). The van der Waals surface area contributed by atoms with Gasteiger partial charge in [0, 0.05) is 25.4 Å². The van der Waals surface area contributed by atoms with E-state index in [2.05, 4.69) is 40.0 Å². The fraction of sp³-hybridized carbons (Fsp3) is 0.308. The molecule has 180 valence electrons. The third-order valence-electron chi connectivity index (χ3n) is 6.70. The Kier molecular flexibility index (Phi) is 5.98. The average Bonchev–Trinajstić information content (AvgIpc) is 3.44. The number of carboxylic acids is 1. The highest BCUT2D eigenvalue weighted by Gasteiger charge is 2.43. The number of carbonyl (C=O) groups is 3. The number of carbonyl (C=O) groups excluding carboxylic acids is 2. The highest BCUT2D eigenvalue weighted by molar-refractivity contribution is 5.86. The van der Waals surface area contributed by atoms with E-state index in [1.807, 2.05) is 24.3 Å². The van der Waals surface area contributed by atoms with Crippen molar-refractivity contribution in [2.24, 2.45) is 18.9 Å². The van der Waals surface area contributed by atoms with E-state index < -0.39 is 12.1 Å². The van der Waals surface area contributed by atoms with E-state index in [1.165, 1.54) is 21.9 Å². The van der Waals surface area contributed by atoms with Crippen LogP contribution in [0.4, 0.5) is 4.79 Å². The number of amides is 2. The normalized spacial score (nSPS) is 17.9. The number of carboxylic acid groups (broad SMARTS) is 1. The van der Waals surface area contributed by atoms with Crippen LogP contribution in [0.25, 0.3) is 11.1 Å². The van der Waals surface area contributed by atoms with Gasteiger partial charge in [0.1, 0.15) is 12.3 Å². The summed E-state index contributed by atoms with van der Waals surface area (Å²) in [5.41, 5.74) is 5.20. The molecule has 0 spiro atoms. The second-order valence-corrected chi connectivity index (χ2v) is 8.98. The van der Waals surface area contributed by atoms with Crippen molar-refractivity contribution in [1.29, 1.82) is 0 Å². The van der Waals surface area contributed by atoms with E-state index in [4.69, 9.17) is 9.84 Å². The van der Waals surface area contributed by atoms with Crippen molar-refractivity contribution in [2.75, 3.05) is 13.2 Å². The summed E-state index contributed by atoms with van der Waals surface area (Å²) in [6.07, 6.45) is 0.186. The number of aromatic nitrogens is 2. The van der Waals surface area contributed by atoms with Crippen LogP contribution in [0, 0.1) is 11.8 Å². The number of aromatic carboxylic acids is 1. The predicted molar refractivity (Wildman–Crippen MR) is 127 cm³/mol. The number of rotatable bonds is 8. The molecule has 35 heavy (non-hydrogen) atoms. The number of nitrogens with zero attached hydrogens (tertiary/aromatic N) is 2. The van der Waals surface area contributed by atoms with Crippen LogP contribution in [-0.4, -0.2) is 46.0 Å². The molecule has 0 aliphatic heterocycles. The minimum absolute atomic E-state index is 0.000778. The van der Waals surface area contributed by atoms with Gasteiger partial charge in [0.25, 0.3) is 0 Å². The molecule has 9 nitrogen and oxygen atoms in total. The molecule has 1 saturated carbocycles. The summed E-state index contributed by atoms with van der Waals surface area (Å²) in [5, 5.41) is 18.7. The van der Waals surface area contributed by atoms with E-state index in [1.54, 1.807) is 7.05 Å². The monoisotopic (exact) mass is 474 g/mol. The van der Waals surface area contributed by atoms with Gasteiger partial charge in [0.2, 0.25) is 5.91 Å². The van der Waals surface area contributed by atoms with Crippen molar-refractivity contribution in [1.82, 2.24) is 20.4 Å². The Balaban J connectivity index is 1.07. The zero-order chi connectivity index (χ0) is 24.5. The summed E-state index contributed by atoms with van der Waals surface area (Å²) in [7, 11) is 1.54. The molecule has 2 aromatic carbocycles. The first kappa shape index (κ1) is 22.6. The van der Waals surface area contributed by atoms with Crippen LogP contribution in [0.1, 0.15) is 39.6 Å². The SMILES string of the molecule is Cn1nc(CNC(=O)[C@@H]2C[C@@H]2CNC(=O)OCC2c3ccccc3-c3ccccc32)cc1C(=O)O. The Morgan fingerprint density at radius 2 is 1.71 bits per heavy atom. The number of ether oxygens (including phenoxy) is 1.